The van der Waals surface area contributed by atoms with Crippen LogP contribution in [0.1, 0.15) is 5.56 Å². The monoisotopic (exact) mass is 422 g/mol. The van der Waals surface area contributed by atoms with E-state index in [-0.39, 0.29) is 17.4 Å². The van der Waals surface area contributed by atoms with Crippen molar-refractivity contribution in [2.75, 3.05) is 11.1 Å². The zero-order valence-corrected chi connectivity index (χ0v) is 16.3. The van der Waals surface area contributed by atoms with Gasteiger partial charge >= 0.3 is 6.36 Å². The van der Waals surface area contributed by atoms with Crippen LogP contribution in [0.5, 0.6) is 5.75 Å². The first-order valence-electron chi connectivity index (χ1n) is 8.46. The fourth-order valence-electron chi connectivity index (χ4n) is 2.46. The highest BCUT2D eigenvalue weighted by atomic mass is 32.2. The maximum atomic E-state index is 12.2. The van der Waals surface area contributed by atoms with Gasteiger partial charge < -0.3 is 14.6 Å². The molecule has 3 rings (SSSR count). The number of rotatable bonds is 6. The van der Waals surface area contributed by atoms with Crippen LogP contribution in [0.25, 0.3) is 11.4 Å². The van der Waals surface area contributed by atoms with Gasteiger partial charge in [-0.3, -0.25) is 4.79 Å². The molecule has 1 heterocycles. The number of benzene rings is 2. The van der Waals surface area contributed by atoms with E-state index in [0.717, 1.165) is 23.3 Å². The van der Waals surface area contributed by atoms with Crippen molar-refractivity contribution in [3.63, 3.8) is 0 Å². The van der Waals surface area contributed by atoms with Crippen molar-refractivity contribution in [3.05, 3.63) is 54.1 Å². The Kier molecular flexibility index (Phi) is 6.12. The number of ether oxygens (including phenoxy) is 1. The van der Waals surface area contributed by atoms with Gasteiger partial charge in [-0.25, -0.2) is 0 Å². The number of halogens is 3. The molecular weight excluding hydrogens is 405 g/mol. The van der Waals surface area contributed by atoms with Crippen molar-refractivity contribution in [2.24, 2.45) is 7.05 Å². The molecule has 1 amide bonds. The third-order valence-electron chi connectivity index (χ3n) is 3.85. The van der Waals surface area contributed by atoms with Gasteiger partial charge in [0.1, 0.15) is 5.75 Å². The summed E-state index contributed by atoms with van der Waals surface area (Å²) in [6.07, 6.45) is -4.76. The van der Waals surface area contributed by atoms with Gasteiger partial charge in [-0.1, -0.05) is 41.6 Å². The lowest BCUT2D eigenvalue weighted by Crippen LogP contribution is -2.17. The molecule has 0 aliphatic heterocycles. The Hall–Kier alpha value is -3.01. The number of alkyl halides is 3. The number of thioether (sulfide) groups is 1. The van der Waals surface area contributed by atoms with Gasteiger partial charge in [-0.05, 0) is 31.2 Å². The molecule has 0 bridgehead atoms. The van der Waals surface area contributed by atoms with E-state index >= 15 is 0 Å². The van der Waals surface area contributed by atoms with E-state index in [0.29, 0.717) is 16.7 Å². The molecular formula is C19H17F3N4O2S. The van der Waals surface area contributed by atoms with Gasteiger partial charge in [-0.2, -0.15) is 0 Å². The predicted molar refractivity (Wildman–Crippen MR) is 104 cm³/mol. The number of anilines is 1. The highest BCUT2D eigenvalue weighted by Gasteiger charge is 2.30. The van der Waals surface area contributed by atoms with Crippen LogP contribution < -0.4 is 10.1 Å². The molecule has 0 unspecified atom stereocenters. The molecule has 10 heteroatoms. The average Bonchev–Trinajstić information content (AvgIpc) is 3.02. The summed E-state index contributed by atoms with van der Waals surface area (Å²) in [6.45, 7) is 2.00. The number of nitrogens with zero attached hydrogens (tertiary/aromatic N) is 3. The van der Waals surface area contributed by atoms with Gasteiger partial charge in [0, 0.05) is 18.3 Å². The highest BCUT2D eigenvalue weighted by Crippen LogP contribution is 2.25. The molecule has 1 N–H and O–H groups in total. The summed E-state index contributed by atoms with van der Waals surface area (Å²) in [7, 11) is 1.81. The van der Waals surface area contributed by atoms with E-state index in [1.54, 1.807) is 4.57 Å². The Morgan fingerprint density at radius 3 is 2.38 bits per heavy atom. The Morgan fingerprint density at radius 2 is 1.76 bits per heavy atom. The largest absolute Gasteiger partial charge is 0.573 e. The third-order valence-corrected chi connectivity index (χ3v) is 4.87. The van der Waals surface area contributed by atoms with Crippen molar-refractivity contribution in [3.8, 4) is 17.1 Å². The minimum Gasteiger partial charge on any atom is -0.406 e. The van der Waals surface area contributed by atoms with Crippen molar-refractivity contribution in [1.82, 2.24) is 14.8 Å². The van der Waals surface area contributed by atoms with Gasteiger partial charge in [-0.15, -0.1) is 23.4 Å². The summed E-state index contributed by atoms with van der Waals surface area (Å²) < 4.78 is 42.1. The predicted octanol–water partition coefficient (Wildman–Crippen LogP) is 4.42. The SMILES string of the molecule is Cc1ccc(-c2nnc(SCC(=O)Nc3ccc(OC(F)(F)F)cc3)n2C)cc1. The molecule has 0 fully saturated rings. The lowest BCUT2D eigenvalue weighted by molar-refractivity contribution is -0.274. The fraction of sp³-hybridized carbons (Fsp3) is 0.211. The zero-order chi connectivity index (χ0) is 21.0. The molecule has 0 spiro atoms. The van der Waals surface area contributed by atoms with Crippen molar-refractivity contribution in [2.45, 2.75) is 18.4 Å². The molecule has 0 saturated carbocycles. The van der Waals surface area contributed by atoms with Crippen molar-refractivity contribution < 1.29 is 22.7 Å². The highest BCUT2D eigenvalue weighted by molar-refractivity contribution is 7.99. The van der Waals surface area contributed by atoms with Crippen LogP contribution in [0.2, 0.25) is 0 Å². The summed E-state index contributed by atoms with van der Waals surface area (Å²) >= 11 is 1.21. The van der Waals surface area contributed by atoms with Crippen molar-refractivity contribution >= 4 is 23.4 Å². The van der Waals surface area contributed by atoms with Crippen LogP contribution in [0.3, 0.4) is 0 Å². The Labute approximate surface area is 169 Å². The normalized spacial score (nSPS) is 11.3. The molecule has 29 heavy (non-hydrogen) atoms. The maximum Gasteiger partial charge on any atom is 0.573 e. The number of carbonyl (C=O) groups excluding carboxylic acids is 1. The molecule has 0 atom stereocenters. The molecule has 2 aromatic carbocycles. The molecule has 1 aromatic heterocycles. The number of aromatic nitrogens is 3. The number of carbonyl (C=O) groups is 1. The number of aryl methyl sites for hydroxylation is 1. The number of hydrogen-bond acceptors (Lipinski definition) is 5. The molecule has 0 aliphatic rings. The number of hydrogen-bond donors (Lipinski definition) is 1. The van der Waals surface area contributed by atoms with Crippen LogP contribution in [0.4, 0.5) is 18.9 Å². The molecule has 0 aliphatic carbocycles. The summed E-state index contributed by atoms with van der Waals surface area (Å²) in [5, 5.41) is 11.5. The topological polar surface area (TPSA) is 69.0 Å². The van der Waals surface area contributed by atoms with Gasteiger partial charge in [0.15, 0.2) is 11.0 Å². The Balaban J connectivity index is 1.56. The molecule has 0 radical (unpaired) electrons. The van der Waals surface area contributed by atoms with E-state index in [4.69, 9.17) is 0 Å². The molecule has 6 nitrogen and oxygen atoms in total. The van der Waals surface area contributed by atoms with E-state index in [1.165, 1.54) is 23.9 Å². The third kappa shape index (κ3) is 5.74. The summed E-state index contributed by atoms with van der Waals surface area (Å²) in [4.78, 5) is 12.1. The lowest BCUT2D eigenvalue weighted by atomic mass is 10.1. The molecule has 3 aromatic rings. The zero-order valence-electron chi connectivity index (χ0n) is 15.5. The second kappa shape index (κ2) is 8.56. The number of nitrogens with one attached hydrogen (secondary N) is 1. The van der Waals surface area contributed by atoms with Crippen LogP contribution in [-0.4, -0.2) is 32.8 Å². The van der Waals surface area contributed by atoms with E-state index in [9.17, 15) is 18.0 Å². The first kappa shape index (κ1) is 20.7. The van der Waals surface area contributed by atoms with E-state index in [1.807, 2.05) is 38.2 Å². The van der Waals surface area contributed by atoms with Crippen LogP contribution in [0.15, 0.2) is 53.7 Å². The van der Waals surface area contributed by atoms with E-state index in [2.05, 4.69) is 20.3 Å². The minimum atomic E-state index is -4.76. The van der Waals surface area contributed by atoms with Crippen LogP contribution in [0, 0.1) is 6.92 Å². The fourth-order valence-corrected chi connectivity index (χ4v) is 3.17. The lowest BCUT2D eigenvalue weighted by Gasteiger charge is -2.10. The Bertz CT molecular complexity index is 986. The maximum absolute atomic E-state index is 12.2. The van der Waals surface area contributed by atoms with Gasteiger partial charge in [0.25, 0.3) is 0 Å². The van der Waals surface area contributed by atoms with Crippen LogP contribution in [-0.2, 0) is 11.8 Å². The van der Waals surface area contributed by atoms with Crippen LogP contribution >= 0.6 is 11.8 Å². The standard InChI is InChI=1S/C19H17F3N4O2S/c1-12-3-5-13(6-4-12)17-24-25-18(26(17)2)29-11-16(27)23-14-7-9-15(10-8-14)28-19(20,21)22/h3-10H,11H2,1-2H3,(H,23,27). The van der Waals surface area contributed by atoms with Gasteiger partial charge in [0.2, 0.25) is 5.91 Å². The van der Waals surface area contributed by atoms with Crippen molar-refractivity contribution in [1.29, 1.82) is 0 Å². The second-order valence-electron chi connectivity index (χ2n) is 6.14. The summed E-state index contributed by atoms with van der Waals surface area (Å²) in [5.74, 6) is 0.0841. The first-order chi connectivity index (χ1) is 13.7. The Morgan fingerprint density at radius 1 is 1.10 bits per heavy atom. The second-order valence-corrected chi connectivity index (χ2v) is 7.08. The number of amides is 1. The first-order valence-corrected chi connectivity index (χ1v) is 9.45. The minimum absolute atomic E-state index is 0.0701. The summed E-state index contributed by atoms with van der Waals surface area (Å²) in [5.41, 5.74) is 2.42. The summed E-state index contributed by atoms with van der Waals surface area (Å²) in [6, 6.07) is 12.8. The van der Waals surface area contributed by atoms with E-state index < -0.39 is 6.36 Å². The molecule has 0 saturated heterocycles. The van der Waals surface area contributed by atoms with Gasteiger partial charge in [0.05, 0.1) is 5.75 Å². The molecule has 152 valence electrons. The smallest absolute Gasteiger partial charge is 0.406 e. The average molecular weight is 422 g/mol. The quantitative estimate of drug-likeness (QED) is 0.596.